The lowest BCUT2D eigenvalue weighted by Crippen LogP contribution is -2.24. The van der Waals surface area contributed by atoms with E-state index in [0.29, 0.717) is 18.5 Å². The second kappa shape index (κ2) is 9.90. The van der Waals surface area contributed by atoms with Crippen molar-refractivity contribution in [3.8, 4) is 5.69 Å². The molecule has 0 aliphatic heterocycles. The van der Waals surface area contributed by atoms with Crippen LogP contribution in [0.4, 0.5) is 4.39 Å². The number of hydrogen-bond acceptors (Lipinski definition) is 3. The Kier molecular flexibility index (Phi) is 7.58. The van der Waals surface area contributed by atoms with Crippen molar-refractivity contribution in [2.24, 2.45) is 0 Å². The number of hydrogen-bond donors (Lipinski definition) is 1. The van der Waals surface area contributed by atoms with Crippen molar-refractivity contribution in [2.75, 3.05) is 13.7 Å². The molecule has 27 heavy (non-hydrogen) atoms. The van der Waals surface area contributed by atoms with Gasteiger partial charge in [0.15, 0.2) is 0 Å². The number of unbranched alkanes of at least 4 members (excludes halogenated alkanes) is 3. The first-order chi connectivity index (χ1) is 12.9. The van der Waals surface area contributed by atoms with Crippen molar-refractivity contribution in [3.63, 3.8) is 0 Å². The minimum atomic E-state index is -0.286. The average Bonchev–Trinajstić information content (AvgIpc) is 2.95. The van der Waals surface area contributed by atoms with Crippen LogP contribution in [0.5, 0.6) is 0 Å². The molecule has 5 nitrogen and oxygen atoms in total. The number of nitrogens with one attached hydrogen (secondary N) is 1. The third kappa shape index (κ3) is 5.67. The van der Waals surface area contributed by atoms with Gasteiger partial charge in [-0.3, -0.25) is 9.59 Å². The lowest BCUT2D eigenvalue weighted by Gasteiger charge is -2.10. The SMILES string of the molecule is COC(=O)CCCCCCNC(=O)c1cc(C)n(-c2ccc(F)cc2)c1C. The summed E-state index contributed by atoms with van der Waals surface area (Å²) in [5, 5.41) is 2.95. The first-order valence-electron chi connectivity index (χ1n) is 9.24. The highest BCUT2D eigenvalue weighted by atomic mass is 19.1. The number of aryl methyl sites for hydroxylation is 1. The van der Waals surface area contributed by atoms with E-state index in [9.17, 15) is 14.0 Å². The van der Waals surface area contributed by atoms with E-state index in [-0.39, 0.29) is 17.7 Å². The summed E-state index contributed by atoms with van der Waals surface area (Å²) in [6.07, 6.45) is 4.00. The summed E-state index contributed by atoms with van der Waals surface area (Å²) in [4.78, 5) is 23.5. The fourth-order valence-electron chi connectivity index (χ4n) is 3.13. The smallest absolute Gasteiger partial charge is 0.305 e. The highest BCUT2D eigenvalue weighted by Crippen LogP contribution is 2.21. The molecular weight excluding hydrogens is 347 g/mol. The molecule has 0 aliphatic carbocycles. The molecule has 6 heteroatoms. The Hall–Kier alpha value is -2.63. The second-order valence-electron chi connectivity index (χ2n) is 6.59. The van der Waals surface area contributed by atoms with E-state index >= 15 is 0 Å². The average molecular weight is 374 g/mol. The van der Waals surface area contributed by atoms with Crippen molar-refractivity contribution < 1.29 is 18.7 Å². The van der Waals surface area contributed by atoms with Gasteiger partial charge in [-0.2, -0.15) is 0 Å². The van der Waals surface area contributed by atoms with E-state index in [1.54, 1.807) is 12.1 Å². The van der Waals surface area contributed by atoms with Crippen molar-refractivity contribution in [3.05, 3.63) is 53.1 Å². The van der Waals surface area contributed by atoms with E-state index in [4.69, 9.17) is 0 Å². The Bertz CT molecular complexity index is 781. The maximum absolute atomic E-state index is 13.1. The predicted molar refractivity (Wildman–Crippen MR) is 103 cm³/mol. The molecule has 0 saturated carbocycles. The summed E-state index contributed by atoms with van der Waals surface area (Å²) in [5.74, 6) is -0.573. The molecule has 146 valence electrons. The molecule has 2 aromatic rings. The van der Waals surface area contributed by atoms with E-state index in [2.05, 4.69) is 10.1 Å². The van der Waals surface area contributed by atoms with Crippen LogP contribution in [0, 0.1) is 19.7 Å². The number of benzene rings is 1. The molecule has 0 aliphatic rings. The third-order valence-corrected chi connectivity index (χ3v) is 4.58. The van der Waals surface area contributed by atoms with Crippen molar-refractivity contribution >= 4 is 11.9 Å². The monoisotopic (exact) mass is 374 g/mol. The minimum absolute atomic E-state index is 0.106. The maximum Gasteiger partial charge on any atom is 0.305 e. The molecule has 1 aromatic heterocycles. The van der Waals surface area contributed by atoms with E-state index in [0.717, 1.165) is 42.8 Å². The predicted octanol–water partition coefficient (Wildman–Crippen LogP) is 4.09. The van der Waals surface area contributed by atoms with Crippen LogP contribution in [-0.4, -0.2) is 30.1 Å². The molecule has 0 atom stereocenters. The summed E-state index contributed by atoms with van der Waals surface area (Å²) in [6, 6.07) is 8.07. The molecule has 0 saturated heterocycles. The summed E-state index contributed by atoms with van der Waals surface area (Å²) >= 11 is 0. The van der Waals surface area contributed by atoms with Crippen LogP contribution in [0.15, 0.2) is 30.3 Å². The molecule has 2 rings (SSSR count). The van der Waals surface area contributed by atoms with Crippen LogP contribution in [-0.2, 0) is 9.53 Å². The maximum atomic E-state index is 13.1. The number of carbonyl (C=O) groups excluding carboxylic acids is 2. The van der Waals surface area contributed by atoms with Crippen LogP contribution in [0.2, 0.25) is 0 Å². The molecule has 0 radical (unpaired) electrons. The number of rotatable bonds is 9. The molecule has 1 heterocycles. The number of carbonyl (C=O) groups is 2. The molecular formula is C21H27FN2O3. The van der Waals surface area contributed by atoms with Crippen molar-refractivity contribution in [2.45, 2.75) is 46.0 Å². The van der Waals surface area contributed by atoms with Gasteiger partial charge in [-0.25, -0.2) is 4.39 Å². The Morgan fingerprint density at radius 3 is 2.41 bits per heavy atom. The highest BCUT2D eigenvalue weighted by Gasteiger charge is 2.16. The minimum Gasteiger partial charge on any atom is -0.469 e. The lowest BCUT2D eigenvalue weighted by molar-refractivity contribution is -0.140. The number of methoxy groups -OCH3 is 1. The van der Waals surface area contributed by atoms with Gasteiger partial charge >= 0.3 is 5.97 Å². The van der Waals surface area contributed by atoms with Crippen LogP contribution < -0.4 is 5.32 Å². The first-order valence-corrected chi connectivity index (χ1v) is 9.24. The van der Waals surface area contributed by atoms with Gasteiger partial charge < -0.3 is 14.6 Å². The summed E-state index contributed by atoms with van der Waals surface area (Å²) in [5.41, 5.74) is 3.21. The number of amides is 1. The summed E-state index contributed by atoms with van der Waals surface area (Å²) < 4.78 is 19.7. The largest absolute Gasteiger partial charge is 0.469 e. The number of esters is 1. The number of halogens is 1. The Morgan fingerprint density at radius 2 is 1.74 bits per heavy atom. The normalized spacial score (nSPS) is 10.7. The van der Waals surface area contributed by atoms with Crippen molar-refractivity contribution in [1.29, 1.82) is 0 Å². The summed E-state index contributed by atoms with van der Waals surface area (Å²) in [7, 11) is 1.39. The van der Waals surface area contributed by atoms with Gasteiger partial charge in [0.05, 0.1) is 12.7 Å². The highest BCUT2D eigenvalue weighted by molar-refractivity contribution is 5.95. The zero-order valence-corrected chi connectivity index (χ0v) is 16.2. The quantitative estimate of drug-likeness (QED) is 0.531. The molecule has 0 bridgehead atoms. The van der Waals surface area contributed by atoms with Crippen LogP contribution >= 0.6 is 0 Å². The Labute approximate surface area is 159 Å². The zero-order valence-electron chi connectivity index (χ0n) is 16.2. The van der Waals surface area contributed by atoms with Crippen molar-refractivity contribution in [1.82, 2.24) is 9.88 Å². The van der Waals surface area contributed by atoms with E-state index < -0.39 is 0 Å². The molecule has 0 unspecified atom stereocenters. The topological polar surface area (TPSA) is 60.3 Å². The van der Waals surface area contributed by atoms with E-state index in [1.165, 1.54) is 19.2 Å². The van der Waals surface area contributed by atoms with Gasteiger partial charge in [0.25, 0.3) is 5.91 Å². The fourth-order valence-corrected chi connectivity index (χ4v) is 3.13. The zero-order chi connectivity index (χ0) is 19.8. The van der Waals surface area contributed by atoms with Gasteiger partial charge in [-0.1, -0.05) is 12.8 Å². The number of nitrogens with zero attached hydrogens (tertiary/aromatic N) is 1. The van der Waals surface area contributed by atoms with Gasteiger partial charge in [0, 0.05) is 30.0 Å². The third-order valence-electron chi connectivity index (χ3n) is 4.58. The summed E-state index contributed by atoms with van der Waals surface area (Å²) in [6.45, 7) is 4.41. The molecule has 1 aromatic carbocycles. The standard InChI is InChI=1S/C21H27FN2O3/c1-15-14-19(16(2)24(15)18-11-9-17(22)10-12-18)21(26)23-13-7-5-4-6-8-20(25)27-3/h9-12,14H,4-8,13H2,1-3H3,(H,23,26). The Balaban J connectivity index is 1.86. The molecule has 1 amide bonds. The first kappa shape index (κ1) is 20.7. The van der Waals surface area contributed by atoms with Crippen LogP contribution in [0.25, 0.3) is 5.69 Å². The van der Waals surface area contributed by atoms with Crippen LogP contribution in [0.1, 0.15) is 53.8 Å². The number of aromatic nitrogens is 1. The lowest BCUT2D eigenvalue weighted by atomic mass is 10.1. The molecule has 0 fully saturated rings. The number of ether oxygens (including phenoxy) is 1. The molecule has 1 N–H and O–H groups in total. The Morgan fingerprint density at radius 1 is 1.07 bits per heavy atom. The molecule has 0 spiro atoms. The van der Waals surface area contributed by atoms with Gasteiger partial charge in [0.1, 0.15) is 5.82 Å². The van der Waals surface area contributed by atoms with E-state index in [1.807, 2.05) is 24.5 Å². The van der Waals surface area contributed by atoms with Gasteiger partial charge in [0.2, 0.25) is 0 Å². The second-order valence-corrected chi connectivity index (χ2v) is 6.59. The van der Waals surface area contributed by atoms with Crippen LogP contribution in [0.3, 0.4) is 0 Å². The van der Waals surface area contributed by atoms with Gasteiger partial charge in [-0.15, -0.1) is 0 Å². The fraction of sp³-hybridized carbons (Fsp3) is 0.429. The van der Waals surface area contributed by atoms with Gasteiger partial charge in [-0.05, 0) is 57.0 Å².